The number of anilines is 1. The van der Waals surface area contributed by atoms with E-state index in [0.29, 0.717) is 29.0 Å². The number of ether oxygens (including phenoxy) is 1. The van der Waals surface area contributed by atoms with Gasteiger partial charge in [0.25, 0.3) is 0 Å². The van der Waals surface area contributed by atoms with Gasteiger partial charge in [-0.05, 0) is 93.7 Å². The van der Waals surface area contributed by atoms with Crippen LogP contribution in [0.4, 0.5) is 5.69 Å². The molecule has 2 aliphatic rings. The van der Waals surface area contributed by atoms with Crippen molar-refractivity contribution >= 4 is 29.2 Å². The lowest BCUT2D eigenvalue weighted by atomic mass is 9.76. The largest absolute Gasteiger partial charge is 0.469 e. The van der Waals surface area contributed by atoms with Crippen molar-refractivity contribution in [1.29, 1.82) is 0 Å². The quantitative estimate of drug-likeness (QED) is 0.300. The second kappa shape index (κ2) is 12.5. The van der Waals surface area contributed by atoms with Gasteiger partial charge < -0.3 is 14.6 Å². The molecule has 0 saturated heterocycles. The van der Waals surface area contributed by atoms with E-state index in [4.69, 9.17) is 20.9 Å². The maximum atomic E-state index is 13.1. The normalized spacial score (nSPS) is 20.6. The Hall–Kier alpha value is -2.34. The molecule has 2 saturated carbocycles. The van der Waals surface area contributed by atoms with Gasteiger partial charge in [0, 0.05) is 30.2 Å². The van der Waals surface area contributed by atoms with Gasteiger partial charge in [0.05, 0.1) is 23.5 Å². The minimum Gasteiger partial charge on any atom is -0.469 e. The minimum absolute atomic E-state index is 0.152. The fourth-order valence-electron chi connectivity index (χ4n) is 5.90. The van der Waals surface area contributed by atoms with Crippen LogP contribution in [0.1, 0.15) is 118 Å². The number of nitrogens with zero attached hydrogens (tertiary/aromatic N) is 1. The van der Waals surface area contributed by atoms with Gasteiger partial charge in [-0.1, -0.05) is 36.7 Å². The van der Waals surface area contributed by atoms with E-state index >= 15 is 0 Å². The molecule has 6 nitrogen and oxygen atoms in total. The fraction of sp³-hybridized carbons (Fsp3) is 0.633. The highest BCUT2D eigenvalue weighted by molar-refractivity contribution is 6.33. The summed E-state index contributed by atoms with van der Waals surface area (Å²) in [6.45, 7) is 6.56. The second-order valence-electron chi connectivity index (χ2n) is 11.5. The molecule has 2 fully saturated rings. The van der Waals surface area contributed by atoms with Crippen LogP contribution in [-0.2, 0) is 14.3 Å². The smallest absolute Gasteiger partial charge is 0.305 e. The Morgan fingerprint density at radius 1 is 1.14 bits per heavy atom. The molecule has 0 spiro atoms. The van der Waals surface area contributed by atoms with Crippen molar-refractivity contribution < 1.29 is 18.8 Å². The Morgan fingerprint density at radius 2 is 1.84 bits per heavy atom. The zero-order valence-corrected chi connectivity index (χ0v) is 23.4. The predicted octanol–water partition coefficient (Wildman–Crippen LogP) is 7.90. The molecule has 1 atom stereocenters. The summed E-state index contributed by atoms with van der Waals surface area (Å²) in [7, 11) is 1.39. The lowest BCUT2D eigenvalue weighted by Crippen LogP contribution is -2.18. The van der Waals surface area contributed by atoms with Gasteiger partial charge in [0.1, 0.15) is 5.76 Å². The van der Waals surface area contributed by atoms with Crippen molar-refractivity contribution in [3.8, 4) is 0 Å². The number of esters is 1. The van der Waals surface area contributed by atoms with Crippen LogP contribution in [0.5, 0.6) is 0 Å². The highest BCUT2D eigenvalue weighted by Crippen LogP contribution is 2.50. The van der Waals surface area contributed by atoms with E-state index in [0.717, 1.165) is 54.5 Å². The van der Waals surface area contributed by atoms with Crippen molar-refractivity contribution in [3.05, 3.63) is 45.8 Å². The first-order chi connectivity index (χ1) is 17.7. The number of aryl methyl sites for hydroxylation is 1. The van der Waals surface area contributed by atoms with Gasteiger partial charge in [-0.3, -0.25) is 9.59 Å². The summed E-state index contributed by atoms with van der Waals surface area (Å²) >= 11 is 6.35. The average Bonchev–Trinajstić information content (AvgIpc) is 3.61. The number of methoxy groups -OCH3 is 1. The Bertz CT molecular complexity index is 1080. The molecule has 1 aromatic heterocycles. The van der Waals surface area contributed by atoms with Crippen molar-refractivity contribution in [2.45, 2.75) is 103 Å². The number of aromatic nitrogens is 1. The Morgan fingerprint density at radius 3 is 2.46 bits per heavy atom. The van der Waals surface area contributed by atoms with Crippen LogP contribution in [0.25, 0.3) is 0 Å². The first kappa shape index (κ1) is 27.7. The van der Waals surface area contributed by atoms with Gasteiger partial charge >= 0.3 is 5.97 Å². The Labute approximate surface area is 225 Å². The maximum Gasteiger partial charge on any atom is 0.305 e. The Balaban J connectivity index is 1.53. The molecule has 1 aromatic carbocycles. The van der Waals surface area contributed by atoms with Crippen LogP contribution in [0.3, 0.4) is 0 Å². The van der Waals surface area contributed by atoms with E-state index in [2.05, 4.69) is 24.3 Å². The van der Waals surface area contributed by atoms with E-state index in [1.165, 1.54) is 31.9 Å². The summed E-state index contributed by atoms with van der Waals surface area (Å²) in [4.78, 5) is 25.1. The summed E-state index contributed by atoms with van der Waals surface area (Å²) in [5, 5.41) is 8.04. The molecule has 1 amide bonds. The molecule has 7 heteroatoms. The second-order valence-corrected chi connectivity index (χ2v) is 11.9. The van der Waals surface area contributed by atoms with Crippen LogP contribution in [0.2, 0.25) is 5.02 Å². The number of benzene rings is 1. The molecule has 4 rings (SSSR count). The van der Waals surface area contributed by atoms with Crippen molar-refractivity contribution in [3.63, 3.8) is 0 Å². The van der Waals surface area contributed by atoms with E-state index < -0.39 is 0 Å². The van der Waals surface area contributed by atoms with E-state index in [-0.39, 0.29) is 30.6 Å². The standard InChI is InChI=1S/C30H41ClN2O4/c1-18(2)15-20-6-8-22(9-7-20)30-28(21-10-11-21)29(33-37-30)23(12-14-27(35)36-4)17-26(34)32-25-13-5-19(3)16-24(25)31/h5,13,16,18,20-23H,6-12,14-15,17H2,1-4H3,(H,32,34). The van der Waals surface area contributed by atoms with Crippen LogP contribution in [-0.4, -0.2) is 24.1 Å². The van der Waals surface area contributed by atoms with Crippen LogP contribution in [0.15, 0.2) is 22.7 Å². The third kappa shape index (κ3) is 7.37. The third-order valence-electron chi connectivity index (χ3n) is 7.93. The molecule has 2 aliphatic carbocycles. The van der Waals surface area contributed by atoms with E-state index in [1.54, 1.807) is 0 Å². The molecule has 0 bridgehead atoms. The van der Waals surface area contributed by atoms with Gasteiger partial charge in [0.2, 0.25) is 5.91 Å². The molecular weight excluding hydrogens is 488 g/mol. The zero-order valence-electron chi connectivity index (χ0n) is 22.6. The monoisotopic (exact) mass is 528 g/mol. The molecule has 37 heavy (non-hydrogen) atoms. The number of halogens is 1. The molecule has 1 heterocycles. The lowest BCUT2D eigenvalue weighted by Gasteiger charge is -2.28. The van der Waals surface area contributed by atoms with Crippen molar-refractivity contribution in [2.75, 3.05) is 12.4 Å². The summed E-state index contributed by atoms with van der Waals surface area (Å²) in [6, 6.07) is 5.57. The van der Waals surface area contributed by atoms with Crippen molar-refractivity contribution in [1.82, 2.24) is 5.16 Å². The van der Waals surface area contributed by atoms with Gasteiger partial charge in [-0.2, -0.15) is 0 Å². The number of carbonyl (C=O) groups excluding carboxylic acids is 2. The highest BCUT2D eigenvalue weighted by atomic mass is 35.5. The number of hydrogen-bond donors (Lipinski definition) is 1. The van der Waals surface area contributed by atoms with Crippen LogP contribution < -0.4 is 5.32 Å². The first-order valence-electron chi connectivity index (χ1n) is 13.9. The fourth-order valence-corrected chi connectivity index (χ4v) is 6.18. The van der Waals surface area contributed by atoms with Crippen molar-refractivity contribution in [2.24, 2.45) is 11.8 Å². The number of hydrogen-bond acceptors (Lipinski definition) is 5. The SMILES string of the molecule is COC(=O)CCC(CC(=O)Nc1ccc(C)cc1Cl)c1noc(C2CCC(CC(C)C)CC2)c1C1CC1. The molecule has 2 aromatic rings. The summed E-state index contributed by atoms with van der Waals surface area (Å²) < 4.78 is 11.0. The van der Waals surface area contributed by atoms with E-state index in [1.807, 2.05) is 25.1 Å². The topological polar surface area (TPSA) is 81.4 Å². The molecule has 1 N–H and O–H groups in total. The number of rotatable bonds is 11. The average molecular weight is 529 g/mol. The van der Waals surface area contributed by atoms with Gasteiger partial charge in [-0.25, -0.2) is 0 Å². The number of amides is 1. The molecule has 202 valence electrons. The molecular formula is C30H41ClN2O4. The number of nitrogens with one attached hydrogen (secondary N) is 1. The summed E-state index contributed by atoms with van der Waals surface area (Å²) in [5.74, 6) is 2.74. The lowest BCUT2D eigenvalue weighted by molar-refractivity contribution is -0.141. The van der Waals surface area contributed by atoms with Gasteiger partial charge in [0.15, 0.2) is 0 Å². The van der Waals surface area contributed by atoms with Gasteiger partial charge in [-0.15, -0.1) is 0 Å². The third-order valence-corrected chi connectivity index (χ3v) is 8.25. The van der Waals surface area contributed by atoms with Crippen LogP contribution in [0, 0.1) is 18.8 Å². The van der Waals surface area contributed by atoms with Crippen LogP contribution >= 0.6 is 11.6 Å². The number of carbonyl (C=O) groups is 2. The summed E-state index contributed by atoms with van der Waals surface area (Å²) in [5.41, 5.74) is 3.69. The predicted molar refractivity (Wildman–Crippen MR) is 146 cm³/mol. The molecule has 0 aliphatic heterocycles. The molecule has 1 unspecified atom stereocenters. The zero-order chi connectivity index (χ0) is 26.5. The van der Waals surface area contributed by atoms with E-state index in [9.17, 15) is 9.59 Å². The molecule has 0 radical (unpaired) electrons. The minimum atomic E-state index is -0.285. The highest BCUT2D eigenvalue weighted by Gasteiger charge is 2.38. The maximum absolute atomic E-state index is 13.1. The first-order valence-corrected chi connectivity index (χ1v) is 14.2. The Kier molecular flexibility index (Phi) is 9.33. The summed E-state index contributed by atoms with van der Waals surface area (Å²) in [6.07, 6.45) is 9.17.